The standard InChI is InChI=1S/C16H14O5/c17-9-10-21-16(20)14-12(11-5-2-1-3-6-11)7-4-8-13(14)15(18)19/h1-8,17H,9-10H2,(H,18,19). The first kappa shape index (κ1) is 14.7. The Morgan fingerprint density at radius 3 is 2.33 bits per heavy atom. The van der Waals surface area contributed by atoms with Gasteiger partial charge in [-0.1, -0.05) is 42.5 Å². The second-order valence-corrected chi connectivity index (χ2v) is 4.26. The molecule has 0 saturated carbocycles. The molecule has 5 heteroatoms. The van der Waals surface area contributed by atoms with Gasteiger partial charge >= 0.3 is 11.9 Å². The lowest BCUT2D eigenvalue weighted by Crippen LogP contribution is -2.15. The number of aromatic carboxylic acids is 1. The molecule has 0 bridgehead atoms. The number of carbonyl (C=O) groups is 2. The summed E-state index contributed by atoms with van der Waals surface area (Å²) in [7, 11) is 0. The van der Waals surface area contributed by atoms with E-state index in [9.17, 15) is 14.7 Å². The predicted molar refractivity (Wildman–Crippen MR) is 76.2 cm³/mol. The third-order valence-electron chi connectivity index (χ3n) is 2.91. The molecule has 2 aromatic carbocycles. The summed E-state index contributed by atoms with van der Waals surface area (Å²) in [5, 5.41) is 18.0. The van der Waals surface area contributed by atoms with Crippen molar-refractivity contribution < 1.29 is 24.5 Å². The van der Waals surface area contributed by atoms with Gasteiger partial charge in [0.05, 0.1) is 17.7 Å². The van der Waals surface area contributed by atoms with Crippen LogP contribution in [0.3, 0.4) is 0 Å². The lowest BCUT2D eigenvalue weighted by atomic mass is 9.95. The molecule has 0 aliphatic rings. The van der Waals surface area contributed by atoms with Gasteiger partial charge in [0, 0.05) is 0 Å². The summed E-state index contributed by atoms with van der Waals surface area (Å²) in [4.78, 5) is 23.5. The molecule has 0 radical (unpaired) electrons. The molecule has 0 aromatic heterocycles. The molecule has 0 fully saturated rings. The second-order valence-electron chi connectivity index (χ2n) is 4.26. The van der Waals surface area contributed by atoms with Crippen molar-refractivity contribution in [3.05, 3.63) is 59.7 Å². The van der Waals surface area contributed by atoms with Crippen molar-refractivity contribution in [2.75, 3.05) is 13.2 Å². The van der Waals surface area contributed by atoms with Gasteiger partial charge in [-0.25, -0.2) is 9.59 Å². The van der Waals surface area contributed by atoms with Gasteiger partial charge in [0.25, 0.3) is 0 Å². The number of carboxylic acids is 1. The van der Waals surface area contributed by atoms with Crippen molar-refractivity contribution in [2.45, 2.75) is 0 Å². The maximum atomic E-state index is 12.1. The quantitative estimate of drug-likeness (QED) is 0.823. The Labute approximate surface area is 121 Å². The minimum absolute atomic E-state index is 0.00958. The fourth-order valence-corrected chi connectivity index (χ4v) is 2.02. The predicted octanol–water partition coefficient (Wildman–Crippen LogP) is 2.20. The Bertz CT molecular complexity index is 649. The third kappa shape index (κ3) is 3.27. The zero-order chi connectivity index (χ0) is 15.2. The molecule has 0 aliphatic heterocycles. The minimum Gasteiger partial charge on any atom is -0.478 e. The first-order chi connectivity index (χ1) is 10.1. The van der Waals surface area contributed by atoms with E-state index in [0.29, 0.717) is 5.56 Å². The summed E-state index contributed by atoms with van der Waals surface area (Å²) in [6.45, 7) is -0.497. The first-order valence-corrected chi connectivity index (χ1v) is 6.35. The van der Waals surface area contributed by atoms with E-state index in [-0.39, 0.29) is 24.3 Å². The van der Waals surface area contributed by atoms with Crippen LogP contribution in [0.5, 0.6) is 0 Å². The topological polar surface area (TPSA) is 83.8 Å². The van der Waals surface area contributed by atoms with Crippen LogP contribution < -0.4 is 0 Å². The van der Waals surface area contributed by atoms with Crippen LogP contribution in [-0.4, -0.2) is 35.4 Å². The number of carboxylic acid groups (broad SMARTS) is 1. The van der Waals surface area contributed by atoms with Gasteiger partial charge < -0.3 is 14.9 Å². The van der Waals surface area contributed by atoms with Gasteiger partial charge in [-0.05, 0) is 17.2 Å². The molecular formula is C16H14O5. The second kappa shape index (κ2) is 6.67. The number of hydrogen-bond acceptors (Lipinski definition) is 4. The number of ether oxygens (including phenoxy) is 1. The Balaban J connectivity index is 2.57. The van der Waals surface area contributed by atoms with Gasteiger partial charge in [-0.3, -0.25) is 0 Å². The highest BCUT2D eigenvalue weighted by molar-refractivity contribution is 6.07. The van der Waals surface area contributed by atoms with E-state index in [1.54, 1.807) is 36.4 Å². The van der Waals surface area contributed by atoms with E-state index < -0.39 is 11.9 Å². The van der Waals surface area contributed by atoms with E-state index in [4.69, 9.17) is 9.84 Å². The normalized spacial score (nSPS) is 10.1. The van der Waals surface area contributed by atoms with Gasteiger partial charge in [0.1, 0.15) is 6.61 Å². The van der Waals surface area contributed by atoms with Crippen LogP contribution in [0, 0.1) is 0 Å². The molecule has 2 N–H and O–H groups in total. The number of carbonyl (C=O) groups excluding carboxylic acids is 1. The first-order valence-electron chi connectivity index (χ1n) is 6.35. The molecule has 108 valence electrons. The average Bonchev–Trinajstić information content (AvgIpc) is 2.52. The molecule has 21 heavy (non-hydrogen) atoms. The molecule has 0 spiro atoms. The zero-order valence-corrected chi connectivity index (χ0v) is 11.2. The molecule has 5 nitrogen and oxygen atoms in total. The minimum atomic E-state index is -1.20. The highest BCUT2D eigenvalue weighted by Crippen LogP contribution is 2.27. The lowest BCUT2D eigenvalue weighted by Gasteiger charge is -2.12. The fourth-order valence-electron chi connectivity index (χ4n) is 2.02. The Hall–Kier alpha value is -2.66. The maximum absolute atomic E-state index is 12.1. The van der Waals surface area contributed by atoms with Crippen molar-refractivity contribution in [3.8, 4) is 11.1 Å². The van der Waals surface area contributed by atoms with E-state index in [2.05, 4.69) is 0 Å². The fraction of sp³-hybridized carbons (Fsp3) is 0.125. The van der Waals surface area contributed by atoms with E-state index in [0.717, 1.165) is 5.56 Å². The maximum Gasteiger partial charge on any atom is 0.339 e. The average molecular weight is 286 g/mol. The van der Waals surface area contributed by atoms with Crippen LogP contribution in [0.25, 0.3) is 11.1 Å². The third-order valence-corrected chi connectivity index (χ3v) is 2.91. The summed E-state index contributed by atoms with van der Waals surface area (Å²) in [5.74, 6) is -1.97. The molecule has 0 atom stereocenters. The largest absolute Gasteiger partial charge is 0.478 e. The number of aliphatic hydroxyl groups excluding tert-OH is 1. The molecule has 2 aromatic rings. The summed E-state index contributed by atoms with van der Waals surface area (Å²) < 4.78 is 4.88. The van der Waals surface area contributed by atoms with Gasteiger partial charge in [-0.2, -0.15) is 0 Å². The van der Waals surface area contributed by atoms with Crippen LogP contribution in [0.4, 0.5) is 0 Å². The van der Waals surface area contributed by atoms with Crippen LogP contribution in [0.2, 0.25) is 0 Å². The summed E-state index contributed by atoms with van der Waals surface area (Å²) >= 11 is 0. The highest BCUT2D eigenvalue weighted by Gasteiger charge is 2.22. The van der Waals surface area contributed by atoms with Crippen molar-refractivity contribution in [2.24, 2.45) is 0 Å². The van der Waals surface area contributed by atoms with E-state index in [1.807, 2.05) is 6.07 Å². The molecule has 0 amide bonds. The molecular weight excluding hydrogens is 272 g/mol. The zero-order valence-electron chi connectivity index (χ0n) is 11.2. The molecule has 0 saturated heterocycles. The van der Waals surface area contributed by atoms with Crippen molar-refractivity contribution in [3.63, 3.8) is 0 Å². The van der Waals surface area contributed by atoms with Gasteiger partial charge in [0.2, 0.25) is 0 Å². The summed E-state index contributed by atoms with van der Waals surface area (Å²) in [5.41, 5.74) is 1.07. The van der Waals surface area contributed by atoms with Gasteiger partial charge in [-0.15, -0.1) is 0 Å². The lowest BCUT2D eigenvalue weighted by molar-refractivity contribution is 0.0427. The number of esters is 1. The SMILES string of the molecule is O=C(O)c1cccc(-c2ccccc2)c1C(=O)OCCO. The molecule has 0 aliphatic carbocycles. The Morgan fingerprint density at radius 1 is 1.00 bits per heavy atom. The molecule has 0 heterocycles. The summed E-state index contributed by atoms with van der Waals surface area (Å²) in [6.07, 6.45) is 0. The van der Waals surface area contributed by atoms with Crippen molar-refractivity contribution in [1.82, 2.24) is 0 Å². The van der Waals surface area contributed by atoms with Crippen LogP contribution >= 0.6 is 0 Å². The van der Waals surface area contributed by atoms with Crippen LogP contribution in [0.1, 0.15) is 20.7 Å². The molecule has 0 unspecified atom stereocenters. The smallest absolute Gasteiger partial charge is 0.339 e. The number of benzene rings is 2. The Morgan fingerprint density at radius 2 is 1.71 bits per heavy atom. The number of hydrogen-bond donors (Lipinski definition) is 2. The summed E-state index contributed by atoms with van der Waals surface area (Å²) in [6, 6.07) is 13.6. The highest BCUT2D eigenvalue weighted by atomic mass is 16.5. The van der Waals surface area contributed by atoms with Gasteiger partial charge in [0.15, 0.2) is 0 Å². The van der Waals surface area contributed by atoms with E-state index >= 15 is 0 Å². The Kier molecular flexibility index (Phi) is 4.68. The number of rotatable bonds is 5. The number of aliphatic hydroxyl groups is 1. The van der Waals surface area contributed by atoms with Crippen LogP contribution in [0.15, 0.2) is 48.5 Å². The van der Waals surface area contributed by atoms with Crippen molar-refractivity contribution >= 4 is 11.9 Å². The molecule has 2 rings (SSSR count). The van der Waals surface area contributed by atoms with Crippen LogP contribution in [-0.2, 0) is 4.74 Å². The van der Waals surface area contributed by atoms with E-state index in [1.165, 1.54) is 6.07 Å². The monoisotopic (exact) mass is 286 g/mol. The van der Waals surface area contributed by atoms with Crippen molar-refractivity contribution in [1.29, 1.82) is 0 Å².